The first-order chi connectivity index (χ1) is 17.0. The Labute approximate surface area is 213 Å². The van der Waals surface area contributed by atoms with Crippen LogP contribution in [0.25, 0.3) is 0 Å². The molecule has 0 spiro atoms. The van der Waals surface area contributed by atoms with Crippen LogP contribution in [0.2, 0.25) is 0 Å². The van der Waals surface area contributed by atoms with Crippen molar-refractivity contribution in [1.82, 2.24) is 4.90 Å². The summed E-state index contributed by atoms with van der Waals surface area (Å²) in [6, 6.07) is 4.49. The fourth-order valence-electron chi connectivity index (χ4n) is 6.11. The van der Waals surface area contributed by atoms with Crippen LogP contribution in [0.3, 0.4) is 0 Å². The van der Waals surface area contributed by atoms with Gasteiger partial charge in [0.2, 0.25) is 6.67 Å². The molecule has 0 N–H and O–H groups in total. The predicted octanol–water partition coefficient (Wildman–Crippen LogP) is 7.47. The largest absolute Gasteiger partial charge is 0.465 e. The second kappa shape index (κ2) is 12.6. The average Bonchev–Trinajstić information content (AvgIpc) is 3.57. The van der Waals surface area contributed by atoms with Gasteiger partial charge in [0, 0.05) is 24.6 Å². The molecule has 4 nitrogen and oxygen atoms in total. The standard InChI is InChI=1S/C31H44N2O2/c1-24-19-25(2)30(26(3)20-24)33-17-16-32(23-33)15-11-9-7-5-4-6-8-10-12-18-35-31(34)29-22-27-13-14-28(29)21-27/h13-14,16-17,19-20,27-29H,4-12,15,18,21-22H2,1-3H3. The number of benzene rings is 1. The lowest BCUT2D eigenvalue weighted by Gasteiger charge is -2.22. The highest BCUT2D eigenvalue weighted by atomic mass is 16.5. The maximum atomic E-state index is 12.2. The number of fused-ring (bicyclic) bond motifs is 2. The van der Waals surface area contributed by atoms with Gasteiger partial charge in [-0.25, -0.2) is 0 Å². The number of rotatable bonds is 14. The highest BCUT2D eigenvalue weighted by Crippen LogP contribution is 2.43. The number of hydrogen-bond donors (Lipinski definition) is 0. The molecule has 2 aliphatic carbocycles. The zero-order valence-corrected chi connectivity index (χ0v) is 22.1. The molecule has 2 radical (unpaired) electrons. The maximum Gasteiger partial charge on any atom is 0.309 e. The summed E-state index contributed by atoms with van der Waals surface area (Å²) >= 11 is 0. The molecule has 0 saturated heterocycles. The van der Waals surface area contributed by atoms with Crippen molar-refractivity contribution in [2.45, 2.75) is 91.4 Å². The van der Waals surface area contributed by atoms with Crippen molar-refractivity contribution in [3.05, 3.63) is 60.0 Å². The molecule has 0 aromatic heterocycles. The zero-order valence-electron chi connectivity index (χ0n) is 22.1. The van der Waals surface area contributed by atoms with Crippen LogP contribution in [-0.2, 0) is 9.53 Å². The van der Waals surface area contributed by atoms with Gasteiger partial charge in [-0.1, -0.05) is 74.8 Å². The van der Waals surface area contributed by atoms with Gasteiger partial charge in [-0.05, 0) is 69.4 Å². The first-order valence-electron chi connectivity index (χ1n) is 13.9. The molecule has 3 unspecified atom stereocenters. The van der Waals surface area contributed by atoms with E-state index in [0.717, 1.165) is 25.8 Å². The minimum Gasteiger partial charge on any atom is -0.465 e. The molecule has 1 aromatic rings. The monoisotopic (exact) mass is 476 g/mol. The lowest BCUT2D eigenvalue weighted by atomic mass is 9.94. The summed E-state index contributed by atoms with van der Waals surface area (Å²) < 4.78 is 5.55. The molecule has 1 heterocycles. The van der Waals surface area contributed by atoms with Crippen molar-refractivity contribution in [1.29, 1.82) is 0 Å². The number of carbonyl (C=O) groups is 1. The Balaban J connectivity index is 0.956. The Kier molecular flexibility index (Phi) is 9.34. The van der Waals surface area contributed by atoms with Crippen LogP contribution in [0.5, 0.6) is 0 Å². The van der Waals surface area contributed by atoms with Crippen molar-refractivity contribution in [3.8, 4) is 0 Å². The van der Waals surface area contributed by atoms with Gasteiger partial charge in [0.1, 0.15) is 0 Å². The topological polar surface area (TPSA) is 32.8 Å². The molecular formula is C31H44N2O2. The summed E-state index contributed by atoms with van der Waals surface area (Å²) in [5, 5.41) is 0. The number of anilines is 1. The highest BCUT2D eigenvalue weighted by Gasteiger charge is 2.40. The van der Waals surface area contributed by atoms with Crippen LogP contribution in [0.4, 0.5) is 5.69 Å². The average molecular weight is 477 g/mol. The third-order valence-corrected chi connectivity index (χ3v) is 7.88. The van der Waals surface area contributed by atoms with E-state index in [0.29, 0.717) is 18.4 Å². The molecule has 3 atom stereocenters. The first kappa shape index (κ1) is 25.9. The highest BCUT2D eigenvalue weighted by molar-refractivity contribution is 5.74. The number of ether oxygens (including phenoxy) is 1. The van der Waals surface area contributed by atoms with E-state index in [4.69, 9.17) is 4.74 Å². The Hall–Kier alpha value is -2.23. The number of esters is 1. The SMILES string of the molecule is Cc1cc(C)c(N2[C]N(CCCCCCCCCCCOC(=O)C3CC4C=CC3C4)C=C2)c(C)c1. The minimum atomic E-state index is 0.0505. The van der Waals surface area contributed by atoms with Gasteiger partial charge in [0.25, 0.3) is 0 Å². The van der Waals surface area contributed by atoms with Crippen molar-refractivity contribution in [2.75, 3.05) is 18.1 Å². The molecular weight excluding hydrogens is 432 g/mol. The van der Waals surface area contributed by atoms with Crippen LogP contribution in [0.1, 0.15) is 87.3 Å². The lowest BCUT2D eigenvalue weighted by molar-refractivity contribution is -0.149. The summed E-state index contributed by atoms with van der Waals surface area (Å²) in [5.74, 6) is 1.28. The van der Waals surface area contributed by atoms with Gasteiger partial charge in [-0.15, -0.1) is 0 Å². The van der Waals surface area contributed by atoms with Gasteiger partial charge < -0.3 is 14.5 Å². The summed E-state index contributed by atoms with van der Waals surface area (Å²) in [7, 11) is 0. The summed E-state index contributed by atoms with van der Waals surface area (Å²) in [6.45, 7) is 11.7. The smallest absolute Gasteiger partial charge is 0.309 e. The molecule has 2 bridgehead atoms. The van der Waals surface area contributed by atoms with E-state index < -0.39 is 0 Å². The van der Waals surface area contributed by atoms with E-state index in [1.165, 1.54) is 73.7 Å². The summed E-state index contributed by atoms with van der Waals surface area (Å²) in [6.07, 6.45) is 22.1. The molecule has 3 aliphatic rings. The van der Waals surface area contributed by atoms with Gasteiger partial charge in [-0.2, -0.15) is 0 Å². The Bertz CT molecular complexity index is 882. The fraction of sp³-hybridized carbons (Fsp3) is 0.613. The van der Waals surface area contributed by atoms with Crippen molar-refractivity contribution < 1.29 is 9.53 Å². The lowest BCUT2D eigenvalue weighted by Crippen LogP contribution is -2.21. The Morgan fingerprint density at radius 2 is 1.54 bits per heavy atom. The third-order valence-electron chi connectivity index (χ3n) is 7.88. The summed E-state index contributed by atoms with van der Waals surface area (Å²) in [5.41, 5.74) is 5.17. The van der Waals surface area contributed by atoms with Crippen LogP contribution in [0, 0.1) is 45.2 Å². The van der Waals surface area contributed by atoms with Gasteiger partial charge in [0.15, 0.2) is 0 Å². The van der Waals surface area contributed by atoms with Gasteiger partial charge in [0.05, 0.1) is 12.5 Å². The zero-order chi connectivity index (χ0) is 24.6. The van der Waals surface area contributed by atoms with E-state index in [1.807, 2.05) is 0 Å². The van der Waals surface area contributed by atoms with E-state index >= 15 is 0 Å². The maximum absolute atomic E-state index is 12.2. The number of nitrogens with zero attached hydrogens (tertiary/aromatic N) is 2. The normalized spacial score (nSPS) is 22.5. The van der Waals surface area contributed by atoms with E-state index in [2.05, 4.69) is 73.9 Å². The fourth-order valence-corrected chi connectivity index (χ4v) is 6.11. The molecule has 1 fully saturated rings. The molecule has 1 saturated carbocycles. The summed E-state index contributed by atoms with van der Waals surface area (Å²) in [4.78, 5) is 16.6. The second-order valence-corrected chi connectivity index (χ2v) is 10.9. The van der Waals surface area contributed by atoms with E-state index in [-0.39, 0.29) is 11.9 Å². The van der Waals surface area contributed by atoms with Crippen molar-refractivity contribution in [3.63, 3.8) is 0 Å². The predicted molar refractivity (Wildman–Crippen MR) is 144 cm³/mol. The number of unbranched alkanes of at least 4 members (excludes halogenated alkanes) is 8. The van der Waals surface area contributed by atoms with Crippen LogP contribution >= 0.6 is 0 Å². The minimum absolute atomic E-state index is 0.0505. The number of hydrogen-bond acceptors (Lipinski definition) is 4. The van der Waals surface area contributed by atoms with Gasteiger partial charge >= 0.3 is 5.97 Å². The molecule has 0 amide bonds. The first-order valence-corrected chi connectivity index (χ1v) is 13.9. The second-order valence-electron chi connectivity index (χ2n) is 10.9. The number of allylic oxidation sites excluding steroid dienone is 2. The molecule has 35 heavy (non-hydrogen) atoms. The van der Waals surface area contributed by atoms with Crippen LogP contribution in [0.15, 0.2) is 36.7 Å². The Morgan fingerprint density at radius 3 is 2.17 bits per heavy atom. The molecule has 4 rings (SSSR count). The van der Waals surface area contributed by atoms with E-state index in [9.17, 15) is 4.79 Å². The van der Waals surface area contributed by atoms with Crippen molar-refractivity contribution >= 4 is 11.7 Å². The van der Waals surface area contributed by atoms with E-state index in [1.54, 1.807) is 0 Å². The molecule has 190 valence electrons. The Morgan fingerprint density at radius 1 is 0.886 bits per heavy atom. The van der Waals surface area contributed by atoms with Gasteiger partial charge in [-0.3, -0.25) is 4.79 Å². The third kappa shape index (κ3) is 7.15. The van der Waals surface area contributed by atoms with Crippen molar-refractivity contribution in [2.24, 2.45) is 17.8 Å². The number of aryl methyl sites for hydroxylation is 3. The quantitative estimate of drug-likeness (QED) is 0.158. The molecule has 4 heteroatoms. The van der Waals surface area contributed by atoms with Crippen LogP contribution in [-0.4, -0.2) is 24.0 Å². The molecule has 1 aromatic carbocycles. The number of carbonyl (C=O) groups excluding carboxylic acids is 1. The van der Waals surface area contributed by atoms with Crippen LogP contribution < -0.4 is 4.90 Å². The molecule has 1 aliphatic heterocycles.